The summed E-state index contributed by atoms with van der Waals surface area (Å²) in [5.41, 5.74) is 2.88. The van der Waals surface area contributed by atoms with E-state index < -0.39 is 27.6 Å². The highest BCUT2D eigenvalue weighted by Gasteiger charge is 2.30. The maximum absolute atomic E-state index is 13.7. The first-order valence-electron chi connectivity index (χ1n) is 16.4. The second-order valence-corrected chi connectivity index (χ2v) is 15.6. The number of anilines is 1. The Kier molecular flexibility index (Phi) is 11.2. The summed E-state index contributed by atoms with van der Waals surface area (Å²) in [4.78, 5) is 43.5. The van der Waals surface area contributed by atoms with Crippen LogP contribution < -0.4 is 16.0 Å². The minimum atomic E-state index is -3.42. The molecule has 50 heavy (non-hydrogen) atoms. The van der Waals surface area contributed by atoms with E-state index in [1.807, 2.05) is 45.0 Å². The van der Waals surface area contributed by atoms with E-state index in [-0.39, 0.29) is 35.0 Å². The highest BCUT2D eigenvalue weighted by Crippen LogP contribution is 2.29. The maximum Gasteiger partial charge on any atom is 0.407 e. The Morgan fingerprint density at radius 1 is 0.940 bits per heavy atom. The molecule has 0 aliphatic heterocycles. The molecule has 0 unspecified atom stereocenters. The molecule has 1 fully saturated rings. The number of sulfone groups is 1. The van der Waals surface area contributed by atoms with Gasteiger partial charge in [0.15, 0.2) is 9.84 Å². The van der Waals surface area contributed by atoms with Crippen molar-refractivity contribution in [3.63, 3.8) is 0 Å². The van der Waals surface area contributed by atoms with E-state index in [4.69, 9.17) is 4.74 Å². The van der Waals surface area contributed by atoms with Gasteiger partial charge in [-0.2, -0.15) is 5.21 Å². The van der Waals surface area contributed by atoms with E-state index in [1.54, 1.807) is 36.5 Å². The number of rotatable bonds is 11. The minimum Gasteiger partial charge on any atom is -0.444 e. The van der Waals surface area contributed by atoms with Crippen LogP contribution in [0.15, 0.2) is 71.9 Å². The van der Waals surface area contributed by atoms with Gasteiger partial charge in [0.25, 0.3) is 0 Å². The van der Waals surface area contributed by atoms with Gasteiger partial charge in [-0.1, -0.05) is 24.3 Å². The van der Waals surface area contributed by atoms with Gasteiger partial charge in [-0.15, -0.1) is 10.2 Å². The van der Waals surface area contributed by atoms with E-state index in [9.17, 15) is 22.8 Å². The number of carbonyl (C=O) groups excluding carboxylic acids is 3. The zero-order chi connectivity index (χ0) is 35.9. The van der Waals surface area contributed by atoms with Crippen molar-refractivity contribution >= 4 is 33.4 Å². The van der Waals surface area contributed by atoms with Gasteiger partial charge in [-0.3, -0.25) is 14.6 Å². The molecule has 15 heteroatoms. The number of nitrogens with zero attached hydrogens (tertiary/aromatic N) is 4. The molecular weight excluding hydrogens is 661 g/mol. The first-order valence-corrected chi connectivity index (χ1v) is 18.3. The molecule has 4 aromatic rings. The summed E-state index contributed by atoms with van der Waals surface area (Å²) >= 11 is 0. The number of H-pyrrole nitrogens is 1. The second kappa shape index (κ2) is 15.6. The van der Waals surface area contributed by atoms with Crippen molar-refractivity contribution in [2.24, 2.45) is 11.8 Å². The van der Waals surface area contributed by atoms with E-state index in [0.717, 1.165) is 35.8 Å². The fraction of sp³-hybridized carbons (Fsp3) is 0.400. The van der Waals surface area contributed by atoms with Crippen molar-refractivity contribution in [3.05, 3.63) is 72.6 Å². The van der Waals surface area contributed by atoms with Gasteiger partial charge in [0.1, 0.15) is 11.6 Å². The number of hydrogen-bond acceptors (Lipinski definition) is 10. The Labute approximate surface area is 291 Å². The first-order chi connectivity index (χ1) is 23.7. The topological polar surface area (TPSA) is 198 Å². The summed E-state index contributed by atoms with van der Waals surface area (Å²) in [5.74, 6) is -0.195. The lowest BCUT2D eigenvalue weighted by Gasteiger charge is -2.29. The van der Waals surface area contributed by atoms with Crippen LogP contribution in [0.2, 0.25) is 0 Å². The predicted molar refractivity (Wildman–Crippen MR) is 186 cm³/mol. The first kappa shape index (κ1) is 36.1. The van der Waals surface area contributed by atoms with Crippen LogP contribution in [-0.4, -0.2) is 76.4 Å². The molecule has 0 bridgehead atoms. The Morgan fingerprint density at radius 3 is 2.24 bits per heavy atom. The highest BCUT2D eigenvalue weighted by molar-refractivity contribution is 7.90. The van der Waals surface area contributed by atoms with Crippen LogP contribution in [0.1, 0.15) is 52.0 Å². The lowest BCUT2D eigenvalue weighted by Crippen LogP contribution is -2.48. The number of benzene rings is 2. The van der Waals surface area contributed by atoms with Crippen LogP contribution in [0.4, 0.5) is 10.5 Å². The van der Waals surface area contributed by atoms with Crippen LogP contribution in [-0.2, 0) is 30.6 Å². The van der Waals surface area contributed by atoms with E-state index in [2.05, 4.69) is 41.6 Å². The van der Waals surface area contributed by atoms with Crippen molar-refractivity contribution in [1.82, 2.24) is 36.2 Å². The predicted octanol–water partition coefficient (Wildman–Crippen LogP) is 4.33. The van der Waals surface area contributed by atoms with Gasteiger partial charge in [0.05, 0.1) is 4.90 Å². The van der Waals surface area contributed by atoms with Crippen LogP contribution >= 0.6 is 0 Å². The SMILES string of the molecule is CC(C)(C)OC(=O)NCC1CCC(C(=O)N[C@@H](Cc2ccc(-c3cncc(S(C)(=O)=O)c3)cc2)C(=O)Nc2ccc(-c3nn[nH]n3)cc2)CC1. The van der Waals surface area contributed by atoms with Gasteiger partial charge in [0, 0.05) is 54.3 Å². The molecule has 0 saturated heterocycles. The molecule has 4 N–H and O–H groups in total. The van der Waals surface area contributed by atoms with Crippen molar-refractivity contribution < 1.29 is 27.5 Å². The molecule has 0 spiro atoms. The fourth-order valence-corrected chi connectivity index (χ4v) is 6.33. The molecule has 0 radical (unpaired) electrons. The third-order valence-electron chi connectivity index (χ3n) is 8.41. The normalized spacial score (nSPS) is 17.0. The van der Waals surface area contributed by atoms with Crippen molar-refractivity contribution in [3.8, 4) is 22.5 Å². The largest absolute Gasteiger partial charge is 0.444 e. The molecule has 2 aromatic carbocycles. The van der Waals surface area contributed by atoms with E-state index in [1.165, 1.54) is 6.20 Å². The van der Waals surface area contributed by atoms with Crippen LogP contribution in [0.25, 0.3) is 22.5 Å². The number of alkyl carbamates (subject to hydrolysis) is 1. The average Bonchev–Trinajstić information content (AvgIpc) is 3.62. The standard InChI is InChI=1S/C35H42N8O6S/c1-35(2,3)49-34(46)37-19-23-7-11-26(12-8-23)32(44)39-30(33(45)38-28-15-13-25(14-16-28)31-40-42-43-41-31)17-22-5-9-24(10-6-22)27-18-29(21-36-20-27)50(4,47)48/h5-6,9-10,13-16,18,20-21,23,26,30H,7-8,11-12,17,19H2,1-4H3,(H,37,46)(H,38,45)(H,39,44)(H,40,41,42,43)/t23?,26?,30-/m0/s1. The van der Waals surface area contributed by atoms with Crippen LogP contribution in [0.3, 0.4) is 0 Å². The smallest absolute Gasteiger partial charge is 0.407 e. The van der Waals surface area contributed by atoms with Gasteiger partial charge in [-0.25, -0.2) is 13.2 Å². The Hall–Kier alpha value is -5.18. The number of aromatic amines is 1. The Morgan fingerprint density at radius 2 is 1.62 bits per heavy atom. The Balaban J connectivity index is 1.25. The second-order valence-electron chi connectivity index (χ2n) is 13.5. The summed E-state index contributed by atoms with van der Waals surface area (Å²) in [6.07, 6.45) is 6.58. The van der Waals surface area contributed by atoms with Gasteiger partial charge in [-0.05, 0) is 99.0 Å². The number of pyridine rings is 1. The molecule has 2 aromatic heterocycles. The number of tetrazole rings is 1. The summed E-state index contributed by atoms with van der Waals surface area (Å²) < 4.78 is 29.4. The summed E-state index contributed by atoms with van der Waals surface area (Å²) in [6.45, 7) is 5.91. The van der Waals surface area contributed by atoms with Crippen molar-refractivity contribution in [1.29, 1.82) is 0 Å². The molecule has 14 nitrogen and oxygen atoms in total. The van der Waals surface area contributed by atoms with Crippen molar-refractivity contribution in [2.75, 3.05) is 18.1 Å². The molecule has 1 aliphatic rings. The number of hydrogen-bond donors (Lipinski definition) is 4. The zero-order valence-corrected chi connectivity index (χ0v) is 29.3. The molecule has 264 valence electrons. The number of amides is 3. The van der Waals surface area contributed by atoms with Gasteiger partial charge < -0.3 is 20.7 Å². The number of nitrogens with one attached hydrogen (secondary N) is 4. The molecule has 1 atom stereocenters. The number of ether oxygens (including phenoxy) is 1. The van der Waals surface area contributed by atoms with E-state index in [0.29, 0.717) is 36.5 Å². The minimum absolute atomic E-state index is 0.122. The van der Waals surface area contributed by atoms with Gasteiger partial charge in [0.2, 0.25) is 17.6 Å². The quantitative estimate of drug-likeness (QED) is 0.175. The van der Waals surface area contributed by atoms with Gasteiger partial charge >= 0.3 is 6.09 Å². The molecule has 3 amide bonds. The molecule has 1 saturated carbocycles. The molecule has 2 heterocycles. The molecular formula is C35H42N8O6S. The fourth-order valence-electron chi connectivity index (χ4n) is 5.73. The van der Waals surface area contributed by atoms with Crippen LogP contribution in [0.5, 0.6) is 0 Å². The lowest BCUT2D eigenvalue weighted by atomic mass is 9.81. The zero-order valence-electron chi connectivity index (χ0n) is 28.5. The molecule has 5 rings (SSSR count). The number of carbonyl (C=O) groups is 3. The highest BCUT2D eigenvalue weighted by atomic mass is 32.2. The monoisotopic (exact) mass is 702 g/mol. The summed E-state index contributed by atoms with van der Waals surface area (Å²) in [6, 6.07) is 15.0. The van der Waals surface area contributed by atoms with E-state index >= 15 is 0 Å². The van der Waals surface area contributed by atoms with Crippen molar-refractivity contribution in [2.45, 2.75) is 69.4 Å². The third kappa shape index (κ3) is 10.2. The summed E-state index contributed by atoms with van der Waals surface area (Å²) in [5, 5.41) is 22.7. The lowest BCUT2D eigenvalue weighted by molar-refractivity contribution is -0.130. The number of aromatic nitrogens is 5. The Bertz CT molecular complexity index is 1880. The molecule has 1 aliphatic carbocycles. The third-order valence-corrected chi connectivity index (χ3v) is 9.49. The summed E-state index contributed by atoms with van der Waals surface area (Å²) in [7, 11) is -3.42. The maximum atomic E-state index is 13.7. The van der Waals surface area contributed by atoms with Crippen LogP contribution in [0, 0.1) is 11.8 Å². The average molecular weight is 703 g/mol.